The third-order valence-electron chi connectivity index (χ3n) is 3.35. The van der Waals surface area contributed by atoms with Gasteiger partial charge in [-0.15, -0.1) is 0 Å². The van der Waals surface area contributed by atoms with Gasteiger partial charge in [0.2, 0.25) is 0 Å². The van der Waals surface area contributed by atoms with E-state index in [1.54, 1.807) is 0 Å². The van der Waals surface area contributed by atoms with Crippen molar-refractivity contribution in [2.45, 2.75) is 32.7 Å². The number of hydrogen-bond donors (Lipinski definition) is 1. The zero-order valence-corrected chi connectivity index (χ0v) is 11.9. The average molecular weight is 272 g/mol. The number of pyridine rings is 1. The predicted molar refractivity (Wildman–Crippen MR) is 81.1 cm³/mol. The Kier molecular flexibility index (Phi) is 4.56. The van der Waals surface area contributed by atoms with E-state index >= 15 is 0 Å². The number of carbonyl (C=O) groups is 1. The van der Waals surface area contributed by atoms with Crippen LogP contribution in [0.4, 0.5) is 5.69 Å². The fourth-order valence-corrected chi connectivity index (χ4v) is 2.39. The van der Waals surface area contributed by atoms with Gasteiger partial charge in [0.15, 0.2) is 0 Å². The van der Waals surface area contributed by atoms with E-state index in [1.807, 2.05) is 30.5 Å². The van der Waals surface area contributed by atoms with Gasteiger partial charge in [0.1, 0.15) is 0 Å². The fourth-order valence-electron chi connectivity index (χ4n) is 2.39. The van der Waals surface area contributed by atoms with E-state index in [0.717, 1.165) is 23.1 Å². The highest BCUT2D eigenvalue weighted by Crippen LogP contribution is 2.26. The van der Waals surface area contributed by atoms with Crippen LogP contribution in [0.25, 0.3) is 10.9 Å². The molecule has 0 saturated heterocycles. The second-order valence-corrected chi connectivity index (χ2v) is 5.13. The first-order chi connectivity index (χ1) is 9.59. The van der Waals surface area contributed by atoms with E-state index < -0.39 is 5.97 Å². The molecule has 0 bridgehead atoms. The van der Waals surface area contributed by atoms with Gasteiger partial charge in [-0.25, -0.2) is 0 Å². The highest BCUT2D eigenvalue weighted by molar-refractivity contribution is 5.91. The number of benzene rings is 1. The average Bonchev–Trinajstić information content (AvgIpc) is 2.42. The quantitative estimate of drug-likeness (QED) is 0.876. The molecule has 0 spiro atoms. The van der Waals surface area contributed by atoms with Crippen LogP contribution in [0.15, 0.2) is 36.5 Å². The number of aromatic nitrogens is 1. The Morgan fingerprint density at radius 3 is 2.75 bits per heavy atom. The Hall–Kier alpha value is -2.10. The molecule has 4 nitrogen and oxygen atoms in total. The minimum Gasteiger partial charge on any atom is -0.481 e. The summed E-state index contributed by atoms with van der Waals surface area (Å²) in [5.74, 6) is -0.742. The number of para-hydroxylation sites is 1. The zero-order chi connectivity index (χ0) is 14.5. The van der Waals surface area contributed by atoms with Crippen molar-refractivity contribution in [3.63, 3.8) is 0 Å². The number of carboxylic acid groups (broad SMARTS) is 1. The van der Waals surface area contributed by atoms with E-state index in [-0.39, 0.29) is 6.42 Å². The Morgan fingerprint density at radius 2 is 2.05 bits per heavy atom. The van der Waals surface area contributed by atoms with Crippen LogP contribution in [0, 0.1) is 0 Å². The van der Waals surface area contributed by atoms with Gasteiger partial charge in [0.05, 0.1) is 5.52 Å². The number of hydrogen-bond acceptors (Lipinski definition) is 3. The van der Waals surface area contributed by atoms with Crippen LogP contribution < -0.4 is 4.90 Å². The highest BCUT2D eigenvalue weighted by Gasteiger charge is 2.14. The van der Waals surface area contributed by atoms with Crippen molar-refractivity contribution in [1.29, 1.82) is 0 Å². The molecule has 0 saturated carbocycles. The fraction of sp³-hybridized carbons (Fsp3) is 0.375. The van der Waals surface area contributed by atoms with Crippen molar-refractivity contribution in [3.8, 4) is 0 Å². The molecular formula is C16H20N2O2. The van der Waals surface area contributed by atoms with Gasteiger partial charge >= 0.3 is 5.97 Å². The van der Waals surface area contributed by atoms with E-state index in [9.17, 15) is 4.79 Å². The first-order valence-corrected chi connectivity index (χ1v) is 6.92. The van der Waals surface area contributed by atoms with Crippen LogP contribution >= 0.6 is 0 Å². The third-order valence-corrected chi connectivity index (χ3v) is 3.35. The molecule has 2 aromatic rings. The van der Waals surface area contributed by atoms with Crippen LogP contribution in [0.3, 0.4) is 0 Å². The number of nitrogens with zero attached hydrogens (tertiary/aromatic N) is 2. The Balaban J connectivity index is 2.29. The highest BCUT2D eigenvalue weighted by atomic mass is 16.4. The number of rotatable bonds is 6. The molecule has 0 amide bonds. The number of fused-ring (bicyclic) bond motifs is 1. The Morgan fingerprint density at radius 1 is 1.30 bits per heavy atom. The van der Waals surface area contributed by atoms with Gasteiger partial charge in [-0.1, -0.05) is 18.2 Å². The molecule has 0 unspecified atom stereocenters. The molecule has 0 aliphatic carbocycles. The molecule has 1 N–H and O–H groups in total. The van der Waals surface area contributed by atoms with Crippen molar-refractivity contribution in [2.75, 3.05) is 11.4 Å². The minimum atomic E-state index is -0.742. The molecular weight excluding hydrogens is 252 g/mol. The molecule has 0 aliphatic heterocycles. The standard InChI is InChI=1S/C16H20N2O2/c1-12(2)18(11-5-8-16(19)20)15-9-10-17-14-7-4-3-6-13(14)15/h3-4,6-7,9-10,12H,5,8,11H2,1-2H3,(H,19,20). The number of carboxylic acids is 1. The predicted octanol–water partition coefficient (Wildman–Crippen LogP) is 3.31. The molecule has 0 radical (unpaired) electrons. The lowest BCUT2D eigenvalue weighted by atomic mass is 10.1. The van der Waals surface area contributed by atoms with E-state index in [2.05, 4.69) is 29.8 Å². The van der Waals surface area contributed by atoms with Gasteiger partial charge < -0.3 is 10.0 Å². The van der Waals surface area contributed by atoms with Crippen LogP contribution in [-0.4, -0.2) is 28.6 Å². The lowest BCUT2D eigenvalue weighted by Crippen LogP contribution is -2.32. The monoisotopic (exact) mass is 272 g/mol. The maximum atomic E-state index is 10.7. The summed E-state index contributed by atoms with van der Waals surface area (Å²) in [5, 5.41) is 9.89. The molecule has 1 aromatic heterocycles. The minimum absolute atomic E-state index is 0.201. The lowest BCUT2D eigenvalue weighted by molar-refractivity contribution is -0.137. The summed E-state index contributed by atoms with van der Waals surface area (Å²) in [6.45, 7) is 4.98. The van der Waals surface area contributed by atoms with Gasteiger partial charge in [0.25, 0.3) is 0 Å². The summed E-state index contributed by atoms with van der Waals surface area (Å²) < 4.78 is 0. The van der Waals surface area contributed by atoms with Crippen LogP contribution in [0.1, 0.15) is 26.7 Å². The van der Waals surface area contributed by atoms with Gasteiger partial charge in [-0.2, -0.15) is 0 Å². The molecule has 0 aliphatic rings. The molecule has 1 heterocycles. The van der Waals surface area contributed by atoms with Crippen molar-refractivity contribution in [3.05, 3.63) is 36.5 Å². The zero-order valence-electron chi connectivity index (χ0n) is 11.9. The van der Waals surface area contributed by atoms with Crippen molar-refractivity contribution in [1.82, 2.24) is 4.98 Å². The molecule has 1 aromatic carbocycles. The Bertz CT molecular complexity index is 591. The summed E-state index contributed by atoms with van der Waals surface area (Å²) in [4.78, 5) is 17.3. The molecule has 2 rings (SSSR count). The second kappa shape index (κ2) is 6.37. The molecule has 0 fully saturated rings. The summed E-state index contributed by atoms with van der Waals surface area (Å²) in [7, 11) is 0. The molecule has 106 valence electrons. The SMILES string of the molecule is CC(C)N(CCCC(=O)O)c1ccnc2ccccc12. The van der Waals surface area contributed by atoms with E-state index in [1.165, 1.54) is 0 Å². The van der Waals surface area contributed by atoms with Gasteiger partial charge in [-0.05, 0) is 32.4 Å². The van der Waals surface area contributed by atoms with Gasteiger partial charge in [-0.3, -0.25) is 9.78 Å². The summed E-state index contributed by atoms with van der Waals surface area (Å²) in [6.07, 6.45) is 2.65. The lowest BCUT2D eigenvalue weighted by Gasteiger charge is -2.30. The second-order valence-electron chi connectivity index (χ2n) is 5.13. The number of anilines is 1. The smallest absolute Gasteiger partial charge is 0.303 e. The van der Waals surface area contributed by atoms with E-state index in [0.29, 0.717) is 12.5 Å². The first-order valence-electron chi connectivity index (χ1n) is 6.92. The van der Waals surface area contributed by atoms with Crippen molar-refractivity contribution in [2.24, 2.45) is 0 Å². The maximum absolute atomic E-state index is 10.7. The number of aliphatic carboxylic acids is 1. The topological polar surface area (TPSA) is 53.4 Å². The summed E-state index contributed by atoms with van der Waals surface area (Å²) in [6, 6.07) is 10.4. The Labute approximate surface area is 119 Å². The van der Waals surface area contributed by atoms with E-state index in [4.69, 9.17) is 5.11 Å². The first kappa shape index (κ1) is 14.3. The molecule has 4 heteroatoms. The van der Waals surface area contributed by atoms with Gasteiger partial charge in [0, 0.05) is 36.3 Å². The van der Waals surface area contributed by atoms with Crippen molar-refractivity contribution >= 4 is 22.6 Å². The van der Waals surface area contributed by atoms with Crippen LogP contribution in [0.5, 0.6) is 0 Å². The third kappa shape index (κ3) is 3.26. The summed E-state index contributed by atoms with van der Waals surface area (Å²) in [5.41, 5.74) is 2.09. The van der Waals surface area contributed by atoms with Crippen LogP contribution in [0.2, 0.25) is 0 Å². The van der Waals surface area contributed by atoms with Crippen LogP contribution in [-0.2, 0) is 4.79 Å². The summed E-state index contributed by atoms with van der Waals surface area (Å²) >= 11 is 0. The maximum Gasteiger partial charge on any atom is 0.303 e. The molecule has 0 atom stereocenters. The van der Waals surface area contributed by atoms with Crippen molar-refractivity contribution < 1.29 is 9.90 Å². The molecule has 20 heavy (non-hydrogen) atoms. The largest absolute Gasteiger partial charge is 0.481 e. The normalized spacial score (nSPS) is 10.9.